The van der Waals surface area contributed by atoms with Gasteiger partial charge in [0.15, 0.2) is 0 Å². The lowest BCUT2D eigenvalue weighted by Crippen LogP contribution is -2.39. The van der Waals surface area contributed by atoms with E-state index in [1.807, 2.05) is 0 Å². The Morgan fingerprint density at radius 3 is 2.30 bits per heavy atom. The molecule has 1 N–H and O–H groups in total. The Bertz CT molecular complexity index is 1230. The molecule has 5 nitrogen and oxygen atoms in total. The molecule has 0 spiro atoms. The third-order valence-electron chi connectivity index (χ3n) is 5.08. The van der Waals surface area contributed by atoms with Gasteiger partial charge in [0.25, 0.3) is 10.0 Å². The van der Waals surface area contributed by atoms with Crippen LogP contribution in [0.25, 0.3) is 10.8 Å². The smallest absolute Gasteiger partial charge is 0.348 e. The molecule has 156 valence electrons. The maximum absolute atomic E-state index is 12.9. The second-order valence-corrected chi connectivity index (χ2v) is 8.88. The molecule has 1 heterocycles. The fourth-order valence-corrected chi connectivity index (χ4v) is 5.26. The number of carbonyl (C=O) groups excluding carboxylic acids is 1. The second-order valence-electron chi connectivity index (χ2n) is 7.05. The summed E-state index contributed by atoms with van der Waals surface area (Å²) in [4.78, 5) is 12.7. The van der Waals surface area contributed by atoms with E-state index in [-0.39, 0.29) is 4.90 Å². The minimum absolute atomic E-state index is 0.152. The molecule has 0 saturated heterocycles. The first-order valence-corrected chi connectivity index (χ1v) is 10.5. The number of benzene rings is 3. The van der Waals surface area contributed by atoms with Crippen LogP contribution >= 0.6 is 0 Å². The summed E-state index contributed by atoms with van der Waals surface area (Å²) in [7, 11) is -3.87. The summed E-state index contributed by atoms with van der Waals surface area (Å²) in [6, 6.07) is 14.0. The summed E-state index contributed by atoms with van der Waals surface area (Å²) in [5.41, 5.74) is 0.130. The number of anilines is 1. The Morgan fingerprint density at radius 2 is 1.67 bits per heavy atom. The number of hydrogen-bond acceptors (Lipinski definition) is 3. The predicted octanol–water partition coefficient (Wildman–Crippen LogP) is 4.24. The topological polar surface area (TPSA) is 66.5 Å². The van der Waals surface area contributed by atoms with Crippen molar-refractivity contribution in [1.82, 2.24) is 5.32 Å². The predicted molar refractivity (Wildman–Crippen MR) is 106 cm³/mol. The Kier molecular flexibility index (Phi) is 4.73. The van der Waals surface area contributed by atoms with Gasteiger partial charge in [0.1, 0.15) is 6.54 Å². The maximum atomic E-state index is 12.9. The van der Waals surface area contributed by atoms with Crippen LogP contribution in [0.4, 0.5) is 18.9 Å². The van der Waals surface area contributed by atoms with Crippen LogP contribution in [-0.4, -0.2) is 20.9 Å². The zero-order valence-corrected chi connectivity index (χ0v) is 16.6. The molecule has 0 radical (unpaired) electrons. The summed E-state index contributed by atoms with van der Waals surface area (Å²) in [5.74, 6) is -0.559. The highest BCUT2D eigenvalue weighted by molar-refractivity contribution is 7.93. The highest BCUT2D eigenvalue weighted by atomic mass is 32.2. The zero-order valence-electron chi connectivity index (χ0n) is 15.8. The largest absolute Gasteiger partial charge is 0.416 e. The second kappa shape index (κ2) is 7.02. The van der Waals surface area contributed by atoms with Crippen LogP contribution in [-0.2, 0) is 21.0 Å². The lowest BCUT2D eigenvalue weighted by Gasteiger charge is -2.21. The number of rotatable bonds is 4. The van der Waals surface area contributed by atoms with E-state index in [0.717, 1.165) is 21.8 Å². The number of nitrogens with zero attached hydrogens (tertiary/aromatic N) is 1. The zero-order chi connectivity index (χ0) is 21.7. The standard InChI is InChI=1S/C21H17F3N2O3S/c1-13(14-8-10-16(11-9-14)21(22,23)24)25-19(27)12-26-17-6-2-4-15-5-3-7-18(20(15)17)30(26,28)29/h2-11,13H,12H2,1H3,(H,25,27). The van der Waals surface area contributed by atoms with E-state index in [1.54, 1.807) is 37.3 Å². The van der Waals surface area contributed by atoms with Gasteiger partial charge in [-0.1, -0.05) is 36.4 Å². The van der Waals surface area contributed by atoms with Gasteiger partial charge in [-0.25, -0.2) is 8.42 Å². The number of hydrogen-bond donors (Lipinski definition) is 1. The number of halogens is 3. The Balaban J connectivity index is 1.53. The third kappa shape index (κ3) is 3.39. The van der Waals surface area contributed by atoms with Crippen molar-refractivity contribution in [2.75, 3.05) is 10.8 Å². The normalized spacial score (nSPS) is 15.9. The van der Waals surface area contributed by atoms with Crippen LogP contribution < -0.4 is 9.62 Å². The summed E-state index contributed by atoms with van der Waals surface area (Å²) in [6.45, 7) is 1.19. The average molecular weight is 434 g/mol. The molecular weight excluding hydrogens is 417 g/mol. The fourth-order valence-electron chi connectivity index (χ4n) is 3.59. The van der Waals surface area contributed by atoms with E-state index >= 15 is 0 Å². The van der Waals surface area contributed by atoms with Crippen molar-refractivity contribution in [2.24, 2.45) is 0 Å². The summed E-state index contributed by atoms with van der Waals surface area (Å²) < 4.78 is 65.0. The monoisotopic (exact) mass is 434 g/mol. The van der Waals surface area contributed by atoms with Gasteiger partial charge in [-0.2, -0.15) is 13.2 Å². The average Bonchev–Trinajstić information content (AvgIpc) is 2.91. The van der Waals surface area contributed by atoms with Crippen molar-refractivity contribution >= 4 is 32.4 Å². The first kappa shape index (κ1) is 20.2. The first-order chi connectivity index (χ1) is 14.1. The van der Waals surface area contributed by atoms with E-state index in [9.17, 15) is 26.4 Å². The molecule has 0 aliphatic carbocycles. The van der Waals surface area contributed by atoms with Gasteiger partial charge in [0.2, 0.25) is 5.91 Å². The molecule has 9 heteroatoms. The minimum Gasteiger partial charge on any atom is -0.348 e. The Morgan fingerprint density at radius 1 is 1.03 bits per heavy atom. The lowest BCUT2D eigenvalue weighted by molar-refractivity contribution is -0.137. The Hall–Kier alpha value is -3.07. The van der Waals surface area contributed by atoms with Crippen LogP contribution in [0, 0.1) is 0 Å². The molecular formula is C21H17F3N2O3S. The molecule has 3 aromatic carbocycles. The molecule has 0 fully saturated rings. The van der Waals surface area contributed by atoms with Crippen molar-refractivity contribution in [1.29, 1.82) is 0 Å². The molecule has 4 rings (SSSR count). The highest BCUT2D eigenvalue weighted by Crippen LogP contribution is 2.41. The van der Waals surface area contributed by atoms with Gasteiger partial charge >= 0.3 is 6.18 Å². The van der Waals surface area contributed by atoms with Crippen LogP contribution in [0.15, 0.2) is 65.6 Å². The van der Waals surface area contributed by atoms with Crippen molar-refractivity contribution in [3.63, 3.8) is 0 Å². The molecule has 1 aliphatic rings. The Labute approximate surface area is 171 Å². The van der Waals surface area contributed by atoms with Crippen LogP contribution in [0.1, 0.15) is 24.1 Å². The molecule has 1 amide bonds. The molecule has 0 aromatic heterocycles. The van der Waals surface area contributed by atoms with Gasteiger partial charge in [-0.05, 0) is 42.1 Å². The van der Waals surface area contributed by atoms with Crippen LogP contribution in [0.2, 0.25) is 0 Å². The molecule has 1 atom stereocenters. The summed E-state index contributed by atoms with van der Waals surface area (Å²) in [5, 5.41) is 3.98. The van der Waals surface area contributed by atoms with Crippen molar-refractivity contribution in [3.05, 3.63) is 71.8 Å². The first-order valence-electron chi connectivity index (χ1n) is 9.10. The number of amides is 1. The van der Waals surface area contributed by atoms with Gasteiger partial charge < -0.3 is 5.32 Å². The van der Waals surface area contributed by atoms with Crippen molar-refractivity contribution in [2.45, 2.75) is 24.0 Å². The molecule has 0 saturated carbocycles. The van der Waals surface area contributed by atoms with E-state index in [2.05, 4.69) is 5.32 Å². The van der Waals surface area contributed by atoms with Crippen molar-refractivity contribution < 1.29 is 26.4 Å². The summed E-state index contributed by atoms with van der Waals surface area (Å²) in [6.07, 6.45) is -4.44. The van der Waals surface area contributed by atoms with E-state index in [0.29, 0.717) is 16.6 Å². The maximum Gasteiger partial charge on any atom is 0.416 e. The molecule has 3 aromatic rings. The van der Waals surface area contributed by atoms with E-state index < -0.39 is 40.3 Å². The molecule has 1 unspecified atom stereocenters. The molecule has 0 bridgehead atoms. The lowest BCUT2D eigenvalue weighted by atomic mass is 10.1. The van der Waals surface area contributed by atoms with Crippen molar-refractivity contribution in [3.8, 4) is 0 Å². The quantitative estimate of drug-likeness (QED) is 0.668. The third-order valence-corrected chi connectivity index (χ3v) is 6.89. The van der Waals surface area contributed by atoms with Gasteiger partial charge in [-0.15, -0.1) is 0 Å². The highest BCUT2D eigenvalue weighted by Gasteiger charge is 2.36. The minimum atomic E-state index is -4.44. The summed E-state index contributed by atoms with van der Waals surface area (Å²) >= 11 is 0. The fraction of sp³-hybridized carbons (Fsp3) is 0.190. The molecule has 30 heavy (non-hydrogen) atoms. The molecule has 1 aliphatic heterocycles. The SMILES string of the molecule is CC(NC(=O)CN1c2cccc3cccc(c23)S1(=O)=O)c1ccc(C(F)(F)F)cc1. The number of sulfonamides is 1. The van der Waals surface area contributed by atoms with Gasteiger partial charge in [0.05, 0.1) is 22.2 Å². The van der Waals surface area contributed by atoms with Crippen LogP contribution in [0.5, 0.6) is 0 Å². The van der Waals surface area contributed by atoms with E-state index in [1.165, 1.54) is 18.2 Å². The number of alkyl halides is 3. The van der Waals surface area contributed by atoms with Gasteiger partial charge in [-0.3, -0.25) is 9.10 Å². The van der Waals surface area contributed by atoms with Crippen LogP contribution in [0.3, 0.4) is 0 Å². The van der Waals surface area contributed by atoms with E-state index in [4.69, 9.17) is 0 Å². The number of carbonyl (C=O) groups is 1. The van der Waals surface area contributed by atoms with Gasteiger partial charge in [0, 0.05) is 5.39 Å². The number of nitrogens with one attached hydrogen (secondary N) is 1.